The Bertz CT molecular complexity index is 437. The summed E-state index contributed by atoms with van der Waals surface area (Å²) >= 11 is 9.03. The van der Waals surface area contributed by atoms with Gasteiger partial charge in [-0.3, -0.25) is 4.79 Å². The maximum absolute atomic E-state index is 13.3. The molecule has 0 atom stereocenters. The summed E-state index contributed by atoms with van der Waals surface area (Å²) in [6.07, 6.45) is 2.49. The molecule has 1 saturated carbocycles. The highest BCUT2D eigenvalue weighted by Gasteiger charge is 2.43. The van der Waals surface area contributed by atoms with Crippen LogP contribution in [-0.2, 0) is 0 Å². The number of alkyl halides is 1. The molecule has 0 aromatic carbocycles. The molecule has 1 aromatic heterocycles. The Hall–Kier alpha value is -0.680. The van der Waals surface area contributed by atoms with Crippen molar-refractivity contribution in [3.8, 4) is 0 Å². The van der Waals surface area contributed by atoms with Gasteiger partial charge in [-0.25, -0.2) is 9.37 Å². The molecule has 1 aliphatic rings. The van der Waals surface area contributed by atoms with E-state index >= 15 is 0 Å². The van der Waals surface area contributed by atoms with Gasteiger partial charge >= 0.3 is 0 Å². The second kappa shape index (κ2) is 4.30. The Morgan fingerprint density at radius 1 is 1.69 bits per heavy atom. The minimum Gasteiger partial charge on any atom is -0.347 e. The van der Waals surface area contributed by atoms with Gasteiger partial charge < -0.3 is 5.32 Å². The lowest BCUT2D eigenvalue weighted by Gasteiger charge is -2.08. The highest BCUT2D eigenvalue weighted by Crippen LogP contribution is 2.38. The molecule has 16 heavy (non-hydrogen) atoms. The van der Waals surface area contributed by atoms with E-state index in [0.29, 0.717) is 17.3 Å². The molecule has 0 radical (unpaired) electrons. The molecule has 0 saturated heterocycles. The molecule has 6 heteroatoms. The van der Waals surface area contributed by atoms with Gasteiger partial charge in [0, 0.05) is 10.7 Å². The molecule has 1 heterocycles. The summed E-state index contributed by atoms with van der Waals surface area (Å²) in [7, 11) is 0. The van der Waals surface area contributed by atoms with Crippen LogP contribution in [0.5, 0.6) is 0 Å². The van der Waals surface area contributed by atoms with Crippen LogP contribution in [0, 0.1) is 0 Å². The zero-order valence-electron chi connectivity index (χ0n) is 8.27. The summed E-state index contributed by atoms with van der Waals surface area (Å²) < 4.78 is 14.0. The lowest BCUT2D eigenvalue weighted by atomic mass is 10.3. The zero-order chi connectivity index (χ0) is 11.8. The minimum absolute atomic E-state index is 0.0277. The molecular weight excluding hydrogens is 298 g/mol. The van der Waals surface area contributed by atoms with Crippen molar-refractivity contribution in [2.24, 2.45) is 0 Å². The number of aromatic nitrogens is 1. The number of pyridine rings is 1. The van der Waals surface area contributed by atoms with Gasteiger partial charge in [-0.2, -0.15) is 0 Å². The normalized spacial score (nSPS) is 16.9. The lowest BCUT2D eigenvalue weighted by molar-refractivity contribution is 0.0933. The van der Waals surface area contributed by atoms with Gasteiger partial charge in [0.2, 0.25) is 0 Å². The van der Waals surface area contributed by atoms with Crippen molar-refractivity contribution in [1.29, 1.82) is 0 Å². The van der Waals surface area contributed by atoms with Crippen LogP contribution < -0.4 is 5.32 Å². The SMILES string of the molecule is O=C(NCC1(F)CC1)c1ncc(Br)cc1Cl. The van der Waals surface area contributed by atoms with E-state index in [9.17, 15) is 9.18 Å². The Morgan fingerprint density at radius 3 is 2.94 bits per heavy atom. The van der Waals surface area contributed by atoms with Crippen molar-refractivity contribution in [2.75, 3.05) is 6.54 Å². The molecule has 2 rings (SSSR count). The first kappa shape index (κ1) is 11.8. The lowest BCUT2D eigenvalue weighted by Crippen LogP contribution is -2.31. The van der Waals surface area contributed by atoms with E-state index in [1.807, 2.05) is 0 Å². The van der Waals surface area contributed by atoms with Crippen LogP contribution in [0.15, 0.2) is 16.7 Å². The van der Waals surface area contributed by atoms with Crippen molar-refractivity contribution in [1.82, 2.24) is 10.3 Å². The molecule has 3 nitrogen and oxygen atoms in total. The van der Waals surface area contributed by atoms with Crippen LogP contribution in [0.3, 0.4) is 0 Å². The van der Waals surface area contributed by atoms with Crippen molar-refractivity contribution < 1.29 is 9.18 Å². The number of rotatable bonds is 3. The van der Waals surface area contributed by atoms with E-state index < -0.39 is 11.6 Å². The maximum atomic E-state index is 13.3. The zero-order valence-corrected chi connectivity index (χ0v) is 10.6. The Balaban J connectivity index is 2.02. The topological polar surface area (TPSA) is 42.0 Å². The van der Waals surface area contributed by atoms with Gasteiger partial charge in [0.25, 0.3) is 5.91 Å². The van der Waals surface area contributed by atoms with Gasteiger partial charge in [0.15, 0.2) is 0 Å². The summed E-state index contributed by atoms with van der Waals surface area (Å²) in [5, 5.41) is 2.73. The van der Waals surface area contributed by atoms with E-state index in [0.717, 1.165) is 0 Å². The van der Waals surface area contributed by atoms with Crippen LogP contribution in [-0.4, -0.2) is 23.1 Å². The van der Waals surface area contributed by atoms with Crippen molar-refractivity contribution in [3.05, 3.63) is 27.5 Å². The Kier molecular flexibility index (Phi) is 3.17. The second-order valence-corrected chi connectivity index (χ2v) is 5.14. The van der Waals surface area contributed by atoms with Gasteiger partial charge in [0.1, 0.15) is 11.4 Å². The molecule has 86 valence electrons. The van der Waals surface area contributed by atoms with Crippen LogP contribution in [0.25, 0.3) is 0 Å². The van der Waals surface area contributed by atoms with Crippen LogP contribution in [0.1, 0.15) is 23.3 Å². The number of hydrogen-bond acceptors (Lipinski definition) is 2. The average molecular weight is 308 g/mol. The third-order valence-corrected chi connectivity index (χ3v) is 3.10. The number of halogens is 3. The summed E-state index contributed by atoms with van der Waals surface area (Å²) in [6, 6.07) is 1.58. The van der Waals surface area contributed by atoms with Crippen molar-refractivity contribution in [3.63, 3.8) is 0 Å². The summed E-state index contributed by atoms with van der Waals surface area (Å²) in [6.45, 7) is 0.0277. The van der Waals surface area contributed by atoms with Gasteiger partial charge in [0.05, 0.1) is 11.6 Å². The highest BCUT2D eigenvalue weighted by atomic mass is 79.9. The first-order valence-corrected chi connectivity index (χ1v) is 5.95. The summed E-state index contributed by atoms with van der Waals surface area (Å²) in [5.41, 5.74) is -1.09. The fourth-order valence-electron chi connectivity index (χ4n) is 1.22. The molecule has 0 aliphatic heterocycles. The largest absolute Gasteiger partial charge is 0.347 e. The quantitative estimate of drug-likeness (QED) is 0.933. The standard InChI is InChI=1S/C10H9BrClFN2O/c11-6-3-7(12)8(14-4-6)9(16)15-5-10(13)1-2-10/h3-4H,1-2,5H2,(H,15,16). The fourth-order valence-corrected chi connectivity index (χ4v) is 1.93. The van der Waals surface area contributed by atoms with E-state index in [1.165, 1.54) is 6.20 Å². The van der Waals surface area contributed by atoms with E-state index in [-0.39, 0.29) is 17.3 Å². The molecule has 1 amide bonds. The van der Waals surface area contributed by atoms with Crippen LogP contribution in [0.2, 0.25) is 5.02 Å². The van der Waals surface area contributed by atoms with Crippen LogP contribution in [0.4, 0.5) is 4.39 Å². The molecule has 1 aliphatic carbocycles. The summed E-state index contributed by atoms with van der Waals surface area (Å²) in [4.78, 5) is 15.5. The second-order valence-electron chi connectivity index (χ2n) is 3.82. The van der Waals surface area contributed by atoms with E-state index in [2.05, 4.69) is 26.2 Å². The highest BCUT2D eigenvalue weighted by molar-refractivity contribution is 9.10. The molecule has 0 unspecified atom stereocenters. The molecule has 1 aromatic rings. The number of hydrogen-bond donors (Lipinski definition) is 1. The molecule has 1 fully saturated rings. The number of carbonyl (C=O) groups excluding carboxylic acids is 1. The van der Waals surface area contributed by atoms with Gasteiger partial charge in [-0.05, 0) is 34.8 Å². The van der Waals surface area contributed by atoms with E-state index in [1.54, 1.807) is 6.07 Å². The fraction of sp³-hybridized carbons (Fsp3) is 0.400. The average Bonchev–Trinajstić information content (AvgIpc) is 2.94. The summed E-state index contributed by atoms with van der Waals surface area (Å²) in [5.74, 6) is -0.443. The third-order valence-electron chi connectivity index (χ3n) is 2.38. The molecule has 0 bridgehead atoms. The predicted octanol–water partition coefficient (Wildman–Crippen LogP) is 2.73. The number of amides is 1. The molecule has 0 spiro atoms. The van der Waals surface area contributed by atoms with Crippen molar-refractivity contribution in [2.45, 2.75) is 18.5 Å². The van der Waals surface area contributed by atoms with Gasteiger partial charge in [-0.1, -0.05) is 11.6 Å². The number of carbonyl (C=O) groups is 1. The van der Waals surface area contributed by atoms with Crippen molar-refractivity contribution >= 4 is 33.4 Å². The number of nitrogens with zero attached hydrogens (tertiary/aromatic N) is 1. The first-order chi connectivity index (χ1) is 7.50. The molecule has 1 N–H and O–H groups in total. The smallest absolute Gasteiger partial charge is 0.271 e. The monoisotopic (exact) mass is 306 g/mol. The molecular formula is C10H9BrClFN2O. The maximum Gasteiger partial charge on any atom is 0.271 e. The number of nitrogens with one attached hydrogen (secondary N) is 1. The first-order valence-electron chi connectivity index (χ1n) is 4.78. The van der Waals surface area contributed by atoms with Gasteiger partial charge in [-0.15, -0.1) is 0 Å². The van der Waals surface area contributed by atoms with Crippen LogP contribution >= 0.6 is 27.5 Å². The van der Waals surface area contributed by atoms with E-state index in [4.69, 9.17) is 11.6 Å². The Morgan fingerprint density at radius 2 is 2.38 bits per heavy atom. The Labute approximate surface area is 106 Å². The third kappa shape index (κ3) is 2.71. The minimum atomic E-state index is -1.21. The predicted molar refractivity (Wildman–Crippen MR) is 62.4 cm³/mol.